The molecule has 0 unspecified atom stereocenters. The highest BCUT2D eigenvalue weighted by molar-refractivity contribution is 5.81. The fourth-order valence-corrected chi connectivity index (χ4v) is 2.62. The molecule has 0 radical (unpaired) electrons. The highest BCUT2D eigenvalue weighted by Gasteiger charge is 2.29. The van der Waals surface area contributed by atoms with E-state index in [0.29, 0.717) is 0 Å². The summed E-state index contributed by atoms with van der Waals surface area (Å²) in [6, 6.07) is 5.87. The molecule has 1 aliphatic heterocycles. The molecule has 1 aromatic carbocycles. The van der Waals surface area contributed by atoms with Crippen LogP contribution in [0.5, 0.6) is 11.5 Å². The molecule has 0 bridgehead atoms. The van der Waals surface area contributed by atoms with Crippen LogP contribution in [-0.4, -0.2) is 51.2 Å². The Balaban J connectivity index is 2.07. The molecule has 122 valence electrons. The highest BCUT2D eigenvalue weighted by atomic mass is 16.5. The SMILES string of the molecule is COc1cc(OC)cc(N2CCN(C(=O)C(C)(C)C)CC2)c1. The van der Waals surface area contributed by atoms with Crippen molar-refractivity contribution in [2.45, 2.75) is 20.8 Å². The standard InChI is InChI=1S/C17H26N2O3/c1-17(2,3)16(20)19-8-6-18(7-9-19)13-10-14(21-4)12-15(11-13)22-5/h10-12H,6-9H2,1-5H3. The van der Waals surface area contributed by atoms with Crippen molar-refractivity contribution < 1.29 is 14.3 Å². The van der Waals surface area contributed by atoms with E-state index in [4.69, 9.17) is 9.47 Å². The van der Waals surface area contributed by atoms with Crippen LogP contribution in [0.4, 0.5) is 5.69 Å². The molecule has 0 aliphatic carbocycles. The van der Waals surface area contributed by atoms with Gasteiger partial charge in [0.25, 0.3) is 0 Å². The second-order valence-corrected chi connectivity index (χ2v) is 6.60. The number of anilines is 1. The van der Waals surface area contributed by atoms with Gasteiger partial charge in [-0.05, 0) is 0 Å². The molecule has 1 heterocycles. The number of piperazine rings is 1. The molecular formula is C17H26N2O3. The lowest BCUT2D eigenvalue weighted by atomic mass is 9.94. The average molecular weight is 306 g/mol. The highest BCUT2D eigenvalue weighted by Crippen LogP contribution is 2.29. The van der Waals surface area contributed by atoms with Gasteiger partial charge in [-0.3, -0.25) is 4.79 Å². The molecular weight excluding hydrogens is 280 g/mol. The normalized spacial score (nSPS) is 15.7. The van der Waals surface area contributed by atoms with E-state index in [1.165, 1.54) is 0 Å². The van der Waals surface area contributed by atoms with Gasteiger partial charge in [-0.2, -0.15) is 0 Å². The summed E-state index contributed by atoms with van der Waals surface area (Å²) in [5.41, 5.74) is 0.750. The third kappa shape index (κ3) is 3.64. The van der Waals surface area contributed by atoms with E-state index < -0.39 is 0 Å². The zero-order valence-corrected chi connectivity index (χ0v) is 14.2. The monoisotopic (exact) mass is 306 g/mol. The summed E-state index contributed by atoms with van der Waals surface area (Å²) >= 11 is 0. The van der Waals surface area contributed by atoms with Gasteiger partial charge in [0.05, 0.1) is 14.2 Å². The third-order valence-electron chi connectivity index (χ3n) is 3.91. The number of carbonyl (C=O) groups is 1. The summed E-state index contributed by atoms with van der Waals surface area (Å²) in [5.74, 6) is 1.78. The molecule has 0 aromatic heterocycles. The van der Waals surface area contributed by atoms with Gasteiger partial charge in [0.2, 0.25) is 5.91 Å². The van der Waals surface area contributed by atoms with Crippen molar-refractivity contribution in [3.63, 3.8) is 0 Å². The van der Waals surface area contributed by atoms with Crippen LogP contribution in [0.15, 0.2) is 18.2 Å². The van der Waals surface area contributed by atoms with Crippen molar-refractivity contribution in [3.05, 3.63) is 18.2 Å². The van der Waals surface area contributed by atoms with E-state index in [1.807, 2.05) is 43.9 Å². The summed E-state index contributed by atoms with van der Waals surface area (Å²) in [7, 11) is 3.30. The fraction of sp³-hybridized carbons (Fsp3) is 0.588. The summed E-state index contributed by atoms with van der Waals surface area (Å²) in [5, 5.41) is 0. The Kier molecular flexibility index (Phi) is 4.84. The second kappa shape index (κ2) is 6.46. The fourth-order valence-electron chi connectivity index (χ4n) is 2.62. The van der Waals surface area contributed by atoms with E-state index in [0.717, 1.165) is 43.4 Å². The molecule has 0 N–H and O–H groups in total. The van der Waals surface area contributed by atoms with Gasteiger partial charge < -0.3 is 19.3 Å². The summed E-state index contributed by atoms with van der Waals surface area (Å²) in [6.07, 6.45) is 0. The van der Waals surface area contributed by atoms with Crippen LogP contribution in [0.25, 0.3) is 0 Å². The minimum absolute atomic E-state index is 0.218. The Morgan fingerprint density at radius 1 is 0.955 bits per heavy atom. The Hall–Kier alpha value is -1.91. The maximum absolute atomic E-state index is 12.3. The molecule has 22 heavy (non-hydrogen) atoms. The van der Waals surface area contributed by atoms with Crippen LogP contribution < -0.4 is 14.4 Å². The van der Waals surface area contributed by atoms with Crippen molar-refractivity contribution in [1.29, 1.82) is 0 Å². The molecule has 1 aromatic rings. The summed E-state index contributed by atoms with van der Waals surface area (Å²) < 4.78 is 10.6. The molecule has 0 atom stereocenters. The van der Waals surface area contributed by atoms with Crippen LogP contribution in [0, 0.1) is 5.41 Å². The molecule has 2 rings (SSSR count). The van der Waals surface area contributed by atoms with E-state index in [9.17, 15) is 4.79 Å². The number of ether oxygens (including phenoxy) is 2. The van der Waals surface area contributed by atoms with Crippen molar-refractivity contribution in [2.24, 2.45) is 5.41 Å². The first-order valence-electron chi connectivity index (χ1n) is 7.62. The number of hydrogen-bond donors (Lipinski definition) is 0. The zero-order valence-electron chi connectivity index (χ0n) is 14.2. The number of carbonyl (C=O) groups excluding carboxylic acids is 1. The minimum Gasteiger partial charge on any atom is -0.497 e. The van der Waals surface area contributed by atoms with Crippen LogP contribution in [-0.2, 0) is 4.79 Å². The summed E-state index contributed by atoms with van der Waals surface area (Å²) in [6.45, 7) is 9.03. The zero-order chi connectivity index (χ0) is 16.3. The predicted molar refractivity (Wildman–Crippen MR) is 87.8 cm³/mol. The first-order valence-corrected chi connectivity index (χ1v) is 7.62. The Labute approximate surface area is 132 Å². The lowest BCUT2D eigenvalue weighted by Crippen LogP contribution is -2.51. The number of rotatable bonds is 3. The van der Waals surface area contributed by atoms with Gasteiger partial charge >= 0.3 is 0 Å². The van der Waals surface area contributed by atoms with Crippen molar-refractivity contribution in [1.82, 2.24) is 4.90 Å². The van der Waals surface area contributed by atoms with Gasteiger partial charge in [0, 0.05) is 55.5 Å². The number of nitrogens with zero attached hydrogens (tertiary/aromatic N) is 2. The number of hydrogen-bond acceptors (Lipinski definition) is 4. The van der Waals surface area contributed by atoms with Crippen LogP contribution in [0.2, 0.25) is 0 Å². The molecule has 1 amide bonds. The van der Waals surface area contributed by atoms with E-state index in [-0.39, 0.29) is 11.3 Å². The molecule has 1 fully saturated rings. The largest absolute Gasteiger partial charge is 0.497 e. The molecule has 5 heteroatoms. The van der Waals surface area contributed by atoms with Gasteiger partial charge in [-0.1, -0.05) is 20.8 Å². The number of benzene rings is 1. The quantitative estimate of drug-likeness (QED) is 0.860. The van der Waals surface area contributed by atoms with E-state index >= 15 is 0 Å². The Morgan fingerprint density at radius 3 is 1.86 bits per heavy atom. The van der Waals surface area contributed by atoms with Gasteiger partial charge in [-0.15, -0.1) is 0 Å². The molecule has 0 spiro atoms. The Morgan fingerprint density at radius 2 is 1.45 bits per heavy atom. The maximum Gasteiger partial charge on any atom is 0.228 e. The lowest BCUT2D eigenvalue weighted by molar-refractivity contribution is -0.139. The van der Waals surface area contributed by atoms with Crippen LogP contribution >= 0.6 is 0 Å². The van der Waals surface area contributed by atoms with E-state index in [1.54, 1.807) is 14.2 Å². The van der Waals surface area contributed by atoms with Crippen molar-refractivity contribution in [2.75, 3.05) is 45.3 Å². The van der Waals surface area contributed by atoms with Crippen LogP contribution in [0.1, 0.15) is 20.8 Å². The van der Waals surface area contributed by atoms with Crippen molar-refractivity contribution >= 4 is 11.6 Å². The lowest BCUT2D eigenvalue weighted by Gasteiger charge is -2.38. The molecule has 5 nitrogen and oxygen atoms in total. The molecule has 0 saturated carbocycles. The third-order valence-corrected chi connectivity index (χ3v) is 3.91. The first-order chi connectivity index (χ1) is 10.3. The first kappa shape index (κ1) is 16.5. The molecule has 1 aliphatic rings. The molecule has 1 saturated heterocycles. The number of methoxy groups -OCH3 is 2. The van der Waals surface area contributed by atoms with E-state index in [2.05, 4.69) is 4.90 Å². The summed E-state index contributed by atoms with van der Waals surface area (Å²) in [4.78, 5) is 16.5. The van der Waals surface area contributed by atoms with Crippen LogP contribution in [0.3, 0.4) is 0 Å². The minimum atomic E-state index is -0.318. The van der Waals surface area contributed by atoms with Gasteiger partial charge in [0.15, 0.2) is 0 Å². The number of amides is 1. The van der Waals surface area contributed by atoms with Crippen molar-refractivity contribution in [3.8, 4) is 11.5 Å². The topological polar surface area (TPSA) is 42.0 Å². The Bertz CT molecular complexity index is 507. The average Bonchev–Trinajstić information content (AvgIpc) is 2.52. The maximum atomic E-state index is 12.3. The van der Waals surface area contributed by atoms with Gasteiger partial charge in [0.1, 0.15) is 11.5 Å². The van der Waals surface area contributed by atoms with Gasteiger partial charge in [-0.25, -0.2) is 0 Å². The predicted octanol–water partition coefficient (Wildman–Crippen LogP) is 2.40. The second-order valence-electron chi connectivity index (χ2n) is 6.60. The smallest absolute Gasteiger partial charge is 0.228 e.